The standard InChI is InChI=1S/C21H28N2O5S2/c1-4-23(5-2)30(26,27)17-11-12-20(28-3)18(13-17)22-21(25)15-29-14-19(24)16-9-7-6-8-10-16/h6-13,19,24H,4-5,14-15H2,1-3H3,(H,22,25). The van der Waals surface area contributed by atoms with Crippen molar-refractivity contribution in [3.05, 3.63) is 54.1 Å². The molecule has 7 nitrogen and oxygen atoms in total. The molecule has 2 aromatic carbocycles. The summed E-state index contributed by atoms with van der Waals surface area (Å²) < 4.78 is 32.1. The normalized spacial score (nSPS) is 12.6. The number of carbonyl (C=O) groups excluding carboxylic acids is 1. The van der Waals surface area contributed by atoms with Gasteiger partial charge in [0, 0.05) is 18.8 Å². The average molecular weight is 453 g/mol. The number of nitrogens with zero attached hydrogens (tertiary/aromatic N) is 1. The number of amides is 1. The molecular weight excluding hydrogens is 424 g/mol. The van der Waals surface area contributed by atoms with Crippen LogP contribution in [0.5, 0.6) is 5.75 Å². The van der Waals surface area contributed by atoms with E-state index in [0.717, 1.165) is 5.56 Å². The minimum Gasteiger partial charge on any atom is -0.495 e. The highest BCUT2D eigenvalue weighted by molar-refractivity contribution is 8.00. The van der Waals surface area contributed by atoms with Crippen molar-refractivity contribution >= 4 is 33.4 Å². The Kier molecular flexibility index (Phi) is 9.16. The summed E-state index contributed by atoms with van der Waals surface area (Å²) in [4.78, 5) is 12.5. The number of hydrogen-bond donors (Lipinski definition) is 2. The number of ether oxygens (including phenoxy) is 1. The van der Waals surface area contributed by atoms with Crippen LogP contribution in [-0.2, 0) is 14.8 Å². The van der Waals surface area contributed by atoms with E-state index in [9.17, 15) is 18.3 Å². The molecule has 2 rings (SSSR count). The van der Waals surface area contributed by atoms with Gasteiger partial charge in [0.2, 0.25) is 15.9 Å². The van der Waals surface area contributed by atoms with Crippen LogP contribution in [0.15, 0.2) is 53.4 Å². The van der Waals surface area contributed by atoms with Gasteiger partial charge < -0.3 is 15.2 Å². The lowest BCUT2D eigenvalue weighted by Gasteiger charge is -2.19. The number of benzene rings is 2. The number of rotatable bonds is 11. The fraction of sp³-hybridized carbons (Fsp3) is 0.381. The Bertz CT molecular complexity index is 932. The van der Waals surface area contributed by atoms with E-state index < -0.39 is 16.1 Å². The number of carbonyl (C=O) groups is 1. The molecule has 0 spiro atoms. The lowest BCUT2D eigenvalue weighted by Crippen LogP contribution is -2.30. The SMILES string of the molecule is CCN(CC)S(=O)(=O)c1ccc(OC)c(NC(=O)CSCC(O)c2ccccc2)c1. The van der Waals surface area contributed by atoms with Crippen molar-refractivity contribution in [1.82, 2.24) is 4.31 Å². The molecule has 0 aliphatic heterocycles. The topological polar surface area (TPSA) is 95.9 Å². The Balaban J connectivity index is 2.05. The highest BCUT2D eigenvalue weighted by Gasteiger charge is 2.23. The van der Waals surface area contributed by atoms with Gasteiger partial charge in [0.05, 0.1) is 29.5 Å². The van der Waals surface area contributed by atoms with Crippen molar-refractivity contribution in [3.63, 3.8) is 0 Å². The van der Waals surface area contributed by atoms with Crippen LogP contribution in [-0.4, -0.2) is 55.4 Å². The molecule has 9 heteroatoms. The van der Waals surface area contributed by atoms with Crippen molar-refractivity contribution < 1.29 is 23.1 Å². The predicted molar refractivity (Wildman–Crippen MR) is 120 cm³/mol. The number of nitrogens with one attached hydrogen (secondary N) is 1. The van der Waals surface area contributed by atoms with Gasteiger partial charge in [-0.15, -0.1) is 11.8 Å². The van der Waals surface area contributed by atoms with Crippen LogP contribution in [0.25, 0.3) is 0 Å². The predicted octanol–water partition coefficient (Wildman–Crippen LogP) is 3.13. The molecule has 1 unspecified atom stereocenters. The molecule has 1 amide bonds. The Morgan fingerprint density at radius 2 is 1.83 bits per heavy atom. The molecule has 0 saturated carbocycles. The maximum absolute atomic E-state index is 12.8. The molecule has 30 heavy (non-hydrogen) atoms. The highest BCUT2D eigenvalue weighted by atomic mass is 32.2. The van der Waals surface area contributed by atoms with Gasteiger partial charge >= 0.3 is 0 Å². The Labute approximate surface area is 182 Å². The van der Waals surface area contributed by atoms with E-state index in [0.29, 0.717) is 30.3 Å². The third-order valence-electron chi connectivity index (χ3n) is 4.48. The van der Waals surface area contributed by atoms with E-state index in [1.165, 1.54) is 41.4 Å². The molecule has 0 radical (unpaired) electrons. The summed E-state index contributed by atoms with van der Waals surface area (Å²) in [7, 11) is -2.20. The number of hydrogen-bond acceptors (Lipinski definition) is 6. The van der Waals surface area contributed by atoms with E-state index >= 15 is 0 Å². The van der Waals surface area contributed by atoms with E-state index in [1.807, 2.05) is 30.3 Å². The Morgan fingerprint density at radius 1 is 1.17 bits per heavy atom. The van der Waals surface area contributed by atoms with E-state index in [-0.39, 0.29) is 16.6 Å². The molecule has 2 aromatic rings. The number of methoxy groups -OCH3 is 1. The zero-order valence-electron chi connectivity index (χ0n) is 17.4. The lowest BCUT2D eigenvalue weighted by atomic mass is 10.1. The van der Waals surface area contributed by atoms with Crippen LogP contribution in [0.3, 0.4) is 0 Å². The van der Waals surface area contributed by atoms with Gasteiger partial charge in [0.25, 0.3) is 0 Å². The first-order valence-corrected chi connectivity index (χ1v) is 12.2. The molecule has 0 saturated heterocycles. The molecular formula is C21H28N2O5S2. The van der Waals surface area contributed by atoms with Crippen molar-refractivity contribution in [2.45, 2.75) is 24.8 Å². The summed E-state index contributed by atoms with van der Waals surface area (Å²) >= 11 is 1.29. The number of aliphatic hydroxyl groups is 1. The number of aliphatic hydroxyl groups excluding tert-OH is 1. The fourth-order valence-electron chi connectivity index (χ4n) is 2.88. The van der Waals surface area contributed by atoms with Crippen molar-refractivity contribution in [2.75, 3.05) is 37.0 Å². The molecule has 0 aromatic heterocycles. The van der Waals surface area contributed by atoms with Crippen molar-refractivity contribution in [1.29, 1.82) is 0 Å². The van der Waals surface area contributed by atoms with Crippen LogP contribution < -0.4 is 10.1 Å². The van der Waals surface area contributed by atoms with Crippen LogP contribution in [0.4, 0.5) is 5.69 Å². The van der Waals surface area contributed by atoms with Crippen LogP contribution in [0.1, 0.15) is 25.5 Å². The molecule has 0 fully saturated rings. The molecule has 0 aliphatic carbocycles. The largest absolute Gasteiger partial charge is 0.495 e. The summed E-state index contributed by atoms with van der Waals surface area (Å²) in [6.07, 6.45) is -0.666. The first-order valence-electron chi connectivity index (χ1n) is 9.62. The minimum absolute atomic E-state index is 0.0921. The first-order chi connectivity index (χ1) is 14.3. The van der Waals surface area contributed by atoms with E-state index in [4.69, 9.17) is 4.74 Å². The maximum atomic E-state index is 12.8. The van der Waals surface area contributed by atoms with Gasteiger partial charge in [-0.05, 0) is 23.8 Å². The Morgan fingerprint density at radius 3 is 2.43 bits per heavy atom. The van der Waals surface area contributed by atoms with Gasteiger partial charge in [0.1, 0.15) is 5.75 Å². The van der Waals surface area contributed by atoms with Crippen LogP contribution in [0.2, 0.25) is 0 Å². The fourth-order valence-corrected chi connectivity index (χ4v) is 5.15. The molecule has 0 bridgehead atoms. The monoisotopic (exact) mass is 452 g/mol. The molecule has 0 aliphatic rings. The summed E-state index contributed by atoms with van der Waals surface area (Å²) in [5.74, 6) is 0.539. The summed E-state index contributed by atoms with van der Waals surface area (Å²) in [6, 6.07) is 13.6. The summed E-state index contributed by atoms with van der Waals surface area (Å²) in [5.41, 5.74) is 1.08. The average Bonchev–Trinajstić information content (AvgIpc) is 2.74. The van der Waals surface area contributed by atoms with Crippen LogP contribution >= 0.6 is 11.8 Å². The quantitative estimate of drug-likeness (QED) is 0.544. The number of sulfonamides is 1. The molecule has 0 heterocycles. The molecule has 1 atom stereocenters. The Hall–Kier alpha value is -2.07. The smallest absolute Gasteiger partial charge is 0.243 e. The first kappa shape index (κ1) is 24.2. The van der Waals surface area contributed by atoms with Crippen molar-refractivity contribution in [2.24, 2.45) is 0 Å². The third kappa shape index (κ3) is 6.21. The lowest BCUT2D eigenvalue weighted by molar-refractivity contribution is -0.113. The highest BCUT2D eigenvalue weighted by Crippen LogP contribution is 2.29. The third-order valence-corrected chi connectivity index (χ3v) is 7.55. The van der Waals surface area contributed by atoms with Gasteiger partial charge in [0.15, 0.2) is 0 Å². The van der Waals surface area contributed by atoms with Gasteiger partial charge in [-0.25, -0.2) is 8.42 Å². The number of anilines is 1. The zero-order valence-corrected chi connectivity index (χ0v) is 19.0. The van der Waals surface area contributed by atoms with Crippen molar-refractivity contribution in [3.8, 4) is 5.75 Å². The van der Waals surface area contributed by atoms with E-state index in [1.54, 1.807) is 13.8 Å². The zero-order chi connectivity index (χ0) is 22.1. The second-order valence-electron chi connectivity index (χ2n) is 6.44. The van der Waals surface area contributed by atoms with Gasteiger partial charge in [-0.1, -0.05) is 44.2 Å². The molecule has 164 valence electrons. The minimum atomic E-state index is -3.66. The summed E-state index contributed by atoms with van der Waals surface area (Å²) in [6.45, 7) is 4.25. The second kappa shape index (κ2) is 11.4. The van der Waals surface area contributed by atoms with Crippen LogP contribution in [0, 0.1) is 0 Å². The van der Waals surface area contributed by atoms with E-state index in [2.05, 4.69) is 5.32 Å². The summed E-state index contributed by atoms with van der Waals surface area (Å²) in [5, 5.41) is 12.9. The van der Waals surface area contributed by atoms with Gasteiger partial charge in [-0.3, -0.25) is 4.79 Å². The number of thioether (sulfide) groups is 1. The molecule has 2 N–H and O–H groups in total. The maximum Gasteiger partial charge on any atom is 0.243 e. The second-order valence-corrected chi connectivity index (χ2v) is 9.41. The van der Waals surface area contributed by atoms with Gasteiger partial charge in [-0.2, -0.15) is 4.31 Å².